The molecule has 17 heavy (non-hydrogen) atoms. The number of benzene rings is 1. The summed E-state index contributed by atoms with van der Waals surface area (Å²) in [5, 5.41) is 0. The fraction of sp³-hybridized carbons (Fsp3) is 0.500. The molecule has 0 radical (unpaired) electrons. The standard InChI is InChI=1S/C14H20O3/c1-10(6-5-9-15)12-8-7-11(2)13(16-3)14(12)17-4/h7-10H,5-6H2,1-4H3/t10-/m1/s1. The van der Waals surface area contributed by atoms with Crippen LogP contribution >= 0.6 is 0 Å². The molecule has 3 nitrogen and oxygen atoms in total. The average molecular weight is 236 g/mol. The molecule has 0 amide bonds. The Morgan fingerprint density at radius 2 is 1.88 bits per heavy atom. The van der Waals surface area contributed by atoms with Crippen LogP contribution in [0.2, 0.25) is 0 Å². The van der Waals surface area contributed by atoms with Crippen LogP contribution in [0.1, 0.15) is 36.8 Å². The quantitative estimate of drug-likeness (QED) is 0.712. The first-order valence-corrected chi connectivity index (χ1v) is 5.80. The van der Waals surface area contributed by atoms with Gasteiger partial charge in [0.15, 0.2) is 11.5 Å². The maximum Gasteiger partial charge on any atom is 0.164 e. The predicted molar refractivity (Wildman–Crippen MR) is 68.0 cm³/mol. The second-order valence-electron chi connectivity index (χ2n) is 4.18. The number of aryl methyl sites for hydroxylation is 1. The molecule has 0 spiro atoms. The molecule has 0 N–H and O–H groups in total. The Hall–Kier alpha value is -1.51. The van der Waals surface area contributed by atoms with E-state index in [9.17, 15) is 4.79 Å². The molecule has 0 unspecified atom stereocenters. The molecule has 94 valence electrons. The number of hydrogen-bond acceptors (Lipinski definition) is 3. The zero-order valence-corrected chi connectivity index (χ0v) is 10.9. The van der Waals surface area contributed by atoms with Gasteiger partial charge in [-0.1, -0.05) is 19.1 Å². The Kier molecular flexibility index (Phi) is 5.01. The van der Waals surface area contributed by atoms with E-state index < -0.39 is 0 Å². The van der Waals surface area contributed by atoms with Crippen LogP contribution in [0.15, 0.2) is 12.1 Å². The summed E-state index contributed by atoms with van der Waals surface area (Å²) in [6, 6.07) is 4.07. The van der Waals surface area contributed by atoms with E-state index in [1.807, 2.05) is 19.1 Å². The van der Waals surface area contributed by atoms with E-state index in [4.69, 9.17) is 9.47 Å². The average Bonchev–Trinajstić information content (AvgIpc) is 2.35. The molecule has 0 fully saturated rings. The molecular formula is C14H20O3. The zero-order valence-electron chi connectivity index (χ0n) is 10.9. The van der Waals surface area contributed by atoms with E-state index in [0.717, 1.165) is 35.3 Å². The molecule has 0 bridgehead atoms. The zero-order chi connectivity index (χ0) is 12.8. The molecule has 1 aromatic carbocycles. The Bertz CT molecular complexity index is 385. The number of carbonyl (C=O) groups excluding carboxylic acids is 1. The molecule has 0 aliphatic carbocycles. The van der Waals surface area contributed by atoms with Crippen molar-refractivity contribution in [3.05, 3.63) is 23.3 Å². The minimum atomic E-state index is 0.282. The summed E-state index contributed by atoms with van der Waals surface area (Å²) in [5.41, 5.74) is 2.15. The van der Waals surface area contributed by atoms with E-state index in [1.54, 1.807) is 14.2 Å². The molecule has 1 rings (SSSR count). The Morgan fingerprint density at radius 3 is 2.41 bits per heavy atom. The number of ether oxygens (including phenoxy) is 2. The van der Waals surface area contributed by atoms with Gasteiger partial charge in [0.25, 0.3) is 0 Å². The normalized spacial score (nSPS) is 12.0. The van der Waals surface area contributed by atoms with Gasteiger partial charge in [0.2, 0.25) is 0 Å². The van der Waals surface area contributed by atoms with Crippen LogP contribution in [0.3, 0.4) is 0 Å². The van der Waals surface area contributed by atoms with Gasteiger partial charge >= 0.3 is 0 Å². The van der Waals surface area contributed by atoms with Gasteiger partial charge < -0.3 is 14.3 Å². The largest absolute Gasteiger partial charge is 0.493 e. The van der Waals surface area contributed by atoms with Crippen LogP contribution < -0.4 is 9.47 Å². The van der Waals surface area contributed by atoms with Gasteiger partial charge in [-0.2, -0.15) is 0 Å². The molecule has 0 saturated carbocycles. The SMILES string of the molecule is COc1c(C)ccc([C@H](C)CCC=O)c1OC. The second-order valence-corrected chi connectivity index (χ2v) is 4.18. The van der Waals surface area contributed by atoms with Crippen LogP contribution in [-0.2, 0) is 4.79 Å². The first kappa shape index (κ1) is 13.6. The van der Waals surface area contributed by atoms with Crippen LogP contribution in [0, 0.1) is 6.92 Å². The Balaban J connectivity index is 3.10. The predicted octanol–water partition coefficient (Wildman–Crippen LogP) is 3.09. The van der Waals surface area contributed by atoms with E-state index in [-0.39, 0.29) is 5.92 Å². The lowest BCUT2D eigenvalue weighted by atomic mass is 9.94. The van der Waals surface area contributed by atoms with Crippen LogP contribution in [-0.4, -0.2) is 20.5 Å². The van der Waals surface area contributed by atoms with Crippen molar-refractivity contribution in [1.82, 2.24) is 0 Å². The molecular weight excluding hydrogens is 216 g/mol. The van der Waals surface area contributed by atoms with Crippen molar-refractivity contribution in [2.45, 2.75) is 32.6 Å². The van der Waals surface area contributed by atoms with Gasteiger partial charge in [-0.15, -0.1) is 0 Å². The number of carbonyl (C=O) groups is 1. The Labute approximate surface area is 103 Å². The van der Waals surface area contributed by atoms with Gasteiger partial charge in [-0.25, -0.2) is 0 Å². The van der Waals surface area contributed by atoms with Crippen molar-refractivity contribution >= 4 is 6.29 Å². The molecule has 1 atom stereocenters. The molecule has 0 aliphatic heterocycles. The highest BCUT2D eigenvalue weighted by molar-refractivity contribution is 5.53. The molecule has 0 heterocycles. The number of methoxy groups -OCH3 is 2. The maximum atomic E-state index is 10.4. The summed E-state index contributed by atoms with van der Waals surface area (Å²) in [5.74, 6) is 1.85. The van der Waals surface area contributed by atoms with Gasteiger partial charge in [-0.05, 0) is 24.8 Å². The monoisotopic (exact) mass is 236 g/mol. The minimum absolute atomic E-state index is 0.282. The van der Waals surface area contributed by atoms with E-state index in [1.165, 1.54) is 0 Å². The summed E-state index contributed by atoms with van der Waals surface area (Å²) >= 11 is 0. The first-order chi connectivity index (χ1) is 8.15. The summed E-state index contributed by atoms with van der Waals surface area (Å²) in [7, 11) is 3.29. The van der Waals surface area contributed by atoms with Crippen LogP contribution in [0.5, 0.6) is 11.5 Å². The third-order valence-electron chi connectivity index (χ3n) is 3.00. The lowest BCUT2D eigenvalue weighted by Crippen LogP contribution is -2.01. The van der Waals surface area contributed by atoms with Crippen molar-refractivity contribution in [3.8, 4) is 11.5 Å². The van der Waals surface area contributed by atoms with E-state index in [0.29, 0.717) is 6.42 Å². The van der Waals surface area contributed by atoms with Crippen molar-refractivity contribution in [1.29, 1.82) is 0 Å². The Morgan fingerprint density at radius 1 is 1.24 bits per heavy atom. The van der Waals surface area contributed by atoms with E-state index >= 15 is 0 Å². The highest BCUT2D eigenvalue weighted by Gasteiger charge is 2.17. The first-order valence-electron chi connectivity index (χ1n) is 5.80. The number of rotatable bonds is 6. The van der Waals surface area contributed by atoms with Crippen molar-refractivity contribution in [3.63, 3.8) is 0 Å². The van der Waals surface area contributed by atoms with Gasteiger partial charge in [0.1, 0.15) is 6.29 Å². The van der Waals surface area contributed by atoms with Gasteiger partial charge in [0, 0.05) is 12.0 Å². The lowest BCUT2D eigenvalue weighted by Gasteiger charge is -2.18. The summed E-state index contributed by atoms with van der Waals surface area (Å²) in [4.78, 5) is 10.4. The van der Waals surface area contributed by atoms with Gasteiger partial charge in [-0.3, -0.25) is 0 Å². The third-order valence-corrected chi connectivity index (χ3v) is 3.00. The summed E-state index contributed by atoms with van der Waals surface area (Å²) in [6.45, 7) is 4.08. The van der Waals surface area contributed by atoms with E-state index in [2.05, 4.69) is 6.92 Å². The highest BCUT2D eigenvalue weighted by atomic mass is 16.5. The van der Waals surface area contributed by atoms with Crippen molar-refractivity contribution in [2.75, 3.05) is 14.2 Å². The smallest absolute Gasteiger partial charge is 0.164 e. The second kappa shape index (κ2) is 6.28. The fourth-order valence-corrected chi connectivity index (χ4v) is 2.00. The lowest BCUT2D eigenvalue weighted by molar-refractivity contribution is -0.108. The summed E-state index contributed by atoms with van der Waals surface area (Å²) < 4.78 is 10.8. The fourth-order valence-electron chi connectivity index (χ4n) is 2.00. The third kappa shape index (κ3) is 2.99. The van der Waals surface area contributed by atoms with Crippen molar-refractivity contribution < 1.29 is 14.3 Å². The number of hydrogen-bond donors (Lipinski definition) is 0. The van der Waals surface area contributed by atoms with Crippen LogP contribution in [0.4, 0.5) is 0 Å². The van der Waals surface area contributed by atoms with Gasteiger partial charge in [0.05, 0.1) is 14.2 Å². The maximum absolute atomic E-state index is 10.4. The molecule has 0 saturated heterocycles. The molecule has 1 aromatic rings. The molecule has 3 heteroatoms. The summed E-state index contributed by atoms with van der Waals surface area (Å²) in [6.07, 6.45) is 2.35. The number of aldehydes is 1. The highest BCUT2D eigenvalue weighted by Crippen LogP contribution is 2.39. The molecule has 0 aromatic heterocycles. The topological polar surface area (TPSA) is 35.5 Å². The molecule has 0 aliphatic rings. The van der Waals surface area contributed by atoms with Crippen molar-refractivity contribution in [2.24, 2.45) is 0 Å². The minimum Gasteiger partial charge on any atom is -0.493 e. The van der Waals surface area contributed by atoms with Crippen LogP contribution in [0.25, 0.3) is 0 Å².